The number of hydrogen-bond acceptors (Lipinski definition) is 1. The maximum absolute atomic E-state index is 10.6. The van der Waals surface area contributed by atoms with Crippen LogP contribution >= 0.6 is 0 Å². The minimum Gasteiger partial charge on any atom is -0.351 e. The van der Waals surface area contributed by atoms with Crippen molar-refractivity contribution in [2.75, 3.05) is 13.1 Å². The fourth-order valence-electron chi connectivity index (χ4n) is 0.872. The van der Waals surface area contributed by atoms with Crippen molar-refractivity contribution in [1.29, 1.82) is 0 Å². The quantitative estimate of drug-likeness (QED) is 0.633. The van der Waals surface area contributed by atoms with Gasteiger partial charge < -0.3 is 10.6 Å². The van der Waals surface area contributed by atoms with Gasteiger partial charge in [0.2, 0.25) is 0 Å². The molecule has 0 unspecified atom stereocenters. The Morgan fingerprint density at radius 2 is 1.70 bits per heavy atom. The summed E-state index contributed by atoms with van der Waals surface area (Å²) in [5.74, 6) is 0. The minimum absolute atomic E-state index is 0.302. The van der Waals surface area contributed by atoms with E-state index >= 15 is 0 Å². The summed E-state index contributed by atoms with van der Waals surface area (Å²) in [5, 5.41) is 0. The van der Waals surface area contributed by atoms with Crippen LogP contribution in [0.2, 0.25) is 0 Å². The van der Waals surface area contributed by atoms with Gasteiger partial charge in [0.15, 0.2) is 0 Å². The molecule has 0 fully saturated rings. The van der Waals surface area contributed by atoms with E-state index in [1.807, 2.05) is 13.8 Å². The van der Waals surface area contributed by atoms with E-state index in [9.17, 15) is 4.79 Å². The zero-order valence-corrected chi connectivity index (χ0v) is 6.76. The Balaban J connectivity index is 3.61. The number of hydrogen-bond donors (Lipinski definition) is 1. The fourth-order valence-corrected chi connectivity index (χ4v) is 0.872. The lowest BCUT2D eigenvalue weighted by Gasteiger charge is -2.17. The first-order valence-electron chi connectivity index (χ1n) is 3.76. The average Bonchev–Trinajstić information content (AvgIpc) is 1.87. The zero-order valence-electron chi connectivity index (χ0n) is 6.76. The van der Waals surface area contributed by atoms with Crippen LogP contribution in [-0.4, -0.2) is 24.0 Å². The molecule has 0 bridgehead atoms. The Morgan fingerprint density at radius 3 is 1.90 bits per heavy atom. The number of nitrogens with two attached hydrogens (primary N) is 1. The molecule has 0 radical (unpaired) electrons. The van der Waals surface area contributed by atoms with Crippen molar-refractivity contribution in [2.45, 2.75) is 26.7 Å². The number of rotatable bonds is 4. The monoisotopic (exact) mass is 144 g/mol. The van der Waals surface area contributed by atoms with E-state index in [4.69, 9.17) is 5.73 Å². The van der Waals surface area contributed by atoms with E-state index in [-0.39, 0.29) is 6.03 Å². The van der Waals surface area contributed by atoms with Crippen molar-refractivity contribution in [3.63, 3.8) is 0 Å². The van der Waals surface area contributed by atoms with Crippen LogP contribution in [0.3, 0.4) is 0 Å². The molecule has 0 rings (SSSR count). The maximum Gasteiger partial charge on any atom is 0.314 e. The molecular weight excluding hydrogens is 128 g/mol. The molecular formula is C7H16N2O. The van der Waals surface area contributed by atoms with Crippen LogP contribution in [0, 0.1) is 0 Å². The summed E-state index contributed by atoms with van der Waals surface area (Å²) in [7, 11) is 0. The second-order valence-electron chi connectivity index (χ2n) is 2.33. The van der Waals surface area contributed by atoms with Crippen LogP contribution in [0.5, 0.6) is 0 Å². The van der Waals surface area contributed by atoms with E-state index < -0.39 is 0 Å². The SMILES string of the molecule is CCCN(CCC)C(N)=O. The van der Waals surface area contributed by atoms with Gasteiger partial charge in [-0.1, -0.05) is 13.8 Å². The van der Waals surface area contributed by atoms with Crippen molar-refractivity contribution in [1.82, 2.24) is 4.90 Å². The number of urea groups is 1. The highest BCUT2D eigenvalue weighted by Crippen LogP contribution is 1.92. The van der Waals surface area contributed by atoms with Gasteiger partial charge in [-0.2, -0.15) is 0 Å². The number of primary amides is 1. The lowest BCUT2D eigenvalue weighted by atomic mass is 10.4. The molecule has 3 heteroatoms. The molecule has 0 aliphatic heterocycles. The summed E-state index contributed by atoms with van der Waals surface area (Å²) in [4.78, 5) is 12.3. The molecule has 0 aromatic rings. The Bertz CT molecular complexity index is 97.8. The summed E-state index contributed by atoms with van der Waals surface area (Å²) in [5.41, 5.74) is 5.10. The number of amides is 2. The first-order chi connectivity index (χ1) is 4.72. The second kappa shape index (κ2) is 5.09. The van der Waals surface area contributed by atoms with Crippen LogP contribution in [0.1, 0.15) is 26.7 Å². The Hall–Kier alpha value is -0.730. The minimum atomic E-state index is -0.302. The van der Waals surface area contributed by atoms with Crippen molar-refractivity contribution < 1.29 is 4.79 Å². The van der Waals surface area contributed by atoms with E-state index in [0.717, 1.165) is 25.9 Å². The number of carbonyl (C=O) groups is 1. The topological polar surface area (TPSA) is 46.3 Å². The van der Waals surface area contributed by atoms with Gasteiger partial charge >= 0.3 is 6.03 Å². The molecule has 2 N–H and O–H groups in total. The van der Waals surface area contributed by atoms with Crippen LogP contribution in [0.4, 0.5) is 4.79 Å². The third-order valence-electron chi connectivity index (χ3n) is 1.30. The highest BCUT2D eigenvalue weighted by molar-refractivity contribution is 5.71. The van der Waals surface area contributed by atoms with Crippen molar-refractivity contribution in [3.8, 4) is 0 Å². The number of nitrogens with zero attached hydrogens (tertiary/aromatic N) is 1. The van der Waals surface area contributed by atoms with Crippen LogP contribution in [0.15, 0.2) is 0 Å². The molecule has 3 nitrogen and oxygen atoms in total. The Kier molecular flexibility index (Phi) is 4.72. The molecule has 10 heavy (non-hydrogen) atoms. The molecule has 0 saturated carbocycles. The van der Waals surface area contributed by atoms with Crippen LogP contribution in [-0.2, 0) is 0 Å². The molecule has 0 atom stereocenters. The van der Waals surface area contributed by atoms with E-state index in [1.165, 1.54) is 0 Å². The van der Waals surface area contributed by atoms with E-state index in [1.54, 1.807) is 4.90 Å². The van der Waals surface area contributed by atoms with Gasteiger partial charge in [-0.05, 0) is 12.8 Å². The third-order valence-corrected chi connectivity index (χ3v) is 1.30. The maximum atomic E-state index is 10.6. The van der Waals surface area contributed by atoms with Crippen LogP contribution < -0.4 is 5.73 Å². The Labute approximate surface area is 62.2 Å². The summed E-state index contributed by atoms with van der Waals surface area (Å²) < 4.78 is 0. The zero-order chi connectivity index (χ0) is 7.98. The molecule has 0 aliphatic rings. The molecule has 0 heterocycles. The normalized spacial score (nSPS) is 9.40. The molecule has 60 valence electrons. The summed E-state index contributed by atoms with van der Waals surface area (Å²) in [6.45, 7) is 5.63. The third kappa shape index (κ3) is 3.33. The lowest BCUT2D eigenvalue weighted by Crippen LogP contribution is -2.36. The lowest BCUT2D eigenvalue weighted by molar-refractivity contribution is 0.207. The van der Waals surface area contributed by atoms with Gasteiger partial charge in [-0.15, -0.1) is 0 Å². The van der Waals surface area contributed by atoms with Gasteiger partial charge in [0.1, 0.15) is 0 Å². The van der Waals surface area contributed by atoms with Gasteiger partial charge in [0.05, 0.1) is 0 Å². The molecule has 2 amide bonds. The first kappa shape index (κ1) is 9.27. The van der Waals surface area contributed by atoms with Crippen molar-refractivity contribution in [3.05, 3.63) is 0 Å². The summed E-state index contributed by atoms with van der Waals surface area (Å²) in [6, 6.07) is -0.302. The smallest absolute Gasteiger partial charge is 0.314 e. The average molecular weight is 144 g/mol. The van der Waals surface area contributed by atoms with Gasteiger partial charge in [-0.3, -0.25) is 0 Å². The van der Waals surface area contributed by atoms with Crippen LogP contribution in [0.25, 0.3) is 0 Å². The highest BCUT2D eigenvalue weighted by atomic mass is 16.2. The molecule has 0 spiro atoms. The first-order valence-corrected chi connectivity index (χ1v) is 3.76. The molecule has 0 aliphatic carbocycles. The van der Waals surface area contributed by atoms with Crippen molar-refractivity contribution >= 4 is 6.03 Å². The summed E-state index contributed by atoms with van der Waals surface area (Å²) >= 11 is 0. The predicted octanol–water partition coefficient (Wildman–Crippen LogP) is 1.19. The second-order valence-corrected chi connectivity index (χ2v) is 2.33. The van der Waals surface area contributed by atoms with E-state index in [0.29, 0.717) is 0 Å². The molecule has 0 aromatic carbocycles. The Morgan fingerprint density at radius 1 is 1.30 bits per heavy atom. The predicted molar refractivity (Wildman–Crippen MR) is 41.7 cm³/mol. The molecule has 0 aromatic heterocycles. The standard InChI is InChI=1S/C7H16N2O/c1-3-5-9(6-4-2)7(8)10/h3-6H2,1-2H3,(H2,8,10). The fraction of sp³-hybridized carbons (Fsp3) is 0.857. The van der Waals surface area contributed by atoms with E-state index in [2.05, 4.69) is 0 Å². The largest absolute Gasteiger partial charge is 0.351 e. The van der Waals surface area contributed by atoms with Gasteiger partial charge in [-0.25, -0.2) is 4.79 Å². The van der Waals surface area contributed by atoms with Gasteiger partial charge in [0.25, 0.3) is 0 Å². The molecule has 0 saturated heterocycles. The van der Waals surface area contributed by atoms with Crippen molar-refractivity contribution in [2.24, 2.45) is 5.73 Å². The number of carbonyl (C=O) groups excluding carboxylic acids is 1. The van der Waals surface area contributed by atoms with Gasteiger partial charge in [0, 0.05) is 13.1 Å². The highest BCUT2D eigenvalue weighted by Gasteiger charge is 2.04. The summed E-state index contributed by atoms with van der Waals surface area (Å²) in [6.07, 6.45) is 1.95.